The molecule has 0 aromatic heterocycles. The fourth-order valence-electron chi connectivity index (χ4n) is 2.01. The Morgan fingerprint density at radius 1 is 1.22 bits per heavy atom. The van der Waals surface area contributed by atoms with Gasteiger partial charge < -0.3 is 9.84 Å². The lowest BCUT2D eigenvalue weighted by atomic mass is 10.0. The molecule has 0 aliphatic heterocycles. The van der Waals surface area contributed by atoms with Crippen molar-refractivity contribution in [2.24, 2.45) is 0 Å². The molecule has 0 aliphatic rings. The highest BCUT2D eigenvalue weighted by molar-refractivity contribution is 7.94. The molecule has 0 fully saturated rings. The van der Waals surface area contributed by atoms with Crippen LogP contribution in [0.5, 0.6) is 0 Å². The third kappa shape index (κ3) is 10.5. The zero-order valence-corrected chi connectivity index (χ0v) is 15.8. The number of ether oxygens (including phenoxy) is 1. The maximum absolute atomic E-state index is 11.4. The summed E-state index contributed by atoms with van der Waals surface area (Å²) >= 11 is 0. The van der Waals surface area contributed by atoms with Crippen LogP contribution in [-0.4, -0.2) is 61.0 Å². The van der Waals surface area contributed by atoms with Crippen LogP contribution in [0.4, 0.5) is 0 Å². The second kappa shape index (κ2) is 8.80. The Morgan fingerprint density at radius 3 is 2.22 bits per heavy atom. The van der Waals surface area contributed by atoms with Gasteiger partial charge in [-0.1, -0.05) is 6.58 Å². The minimum atomic E-state index is -3.25. The van der Waals surface area contributed by atoms with Gasteiger partial charge in [-0.2, -0.15) is 0 Å². The standard InChI is InChI=1S/C16H31NO5S/c1-7-23(20,21)13-12-22-16(5,6)9-11-17(15(2,3)4)10-8-14(18)19/h7H,1,8-13H2,2-6H3,(H,18,19). The van der Waals surface area contributed by atoms with Crippen molar-refractivity contribution in [3.63, 3.8) is 0 Å². The highest BCUT2D eigenvalue weighted by atomic mass is 32.2. The van der Waals surface area contributed by atoms with Gasteiger partial charge in [0.25, 0.3) is 0 Å². The first-order valence-electron chi connectivity index (χ1n) is 7.75. The summed E-state index contributed by atoms with van der Waals surface area (Å²) in [5.74, 6) is -0.897. The van der Waals surface area contributed by atoms with E-state index in [-0.39, 0.29) is 24.3 Å². The summed E-state index contributed by atoms with van der Waals surface area (Å²) in [6.45, 7) is 14.5. The first-order valence-corrected chi connectivity index (χ1v) is 9.47. The van der Waals surface area contributed by atoms with Gasteiger partial charge in [0, 0.05) is 24.0 Å². The predicted octanol–water partition coefficient (Wildman–Crippen LogP) is 2.31. The van der Waals surface area contributed by atoms with Gasteiger partial charge in [-0.25, -0.2) is 8.42 Å². The molecule has 0 saturated carbocycles. The smallest absolute Gasteiger partial charge is 0.304 e. The van der Waals surface area contributed by atoms with E-state index in [2.05, 4.69) is 11.5 Å². The van der Waals surface area contributed by atoms with Crippen molar-refractivity contribution >= 4 is 15.8 Å². The van der Waals surface area contributed by atoms with Crippen molar-refractivity contribution < 1.29 is 23.1 Å². The molecule has 0 rings (SSSR count). The molecule has 0 bridgehead atoms. The van der Waals surface area contributed by atoms with Gasteiger partial charge in [0.15, 0.2) is 9.84 Å². The largest absolute Gasteiger partial charge is 0.481 e. The Labute approximate surface area is 140 Å². The van der Waals surface area contributed by atoms with Gasteiger partial charge in [-0.3, -0.25) is 9.69 Å². The lowest BCUT2D eigenvalue weighted by Gasteiger charge is -2.37. The average molecular weight is 349 g/mol. The van der Waals surface area contributed by atoms with Crippen LogP contribution < -0.4 is 0 Å². The summed E-state index contributed by atoms with van der Waals surface area (Å²) in [5.41, 5.74) is -0.624. The molecule has 0 saturated heterocycles. The summed E-state index contributed by atoms with van der Waals surface area (Å²) in [4.78, 5) is 12.9. The number of hydrogen-bond donors (Lipinski definition) is 1. The molecule has 0 atom stereocenters. The molecule has 0 radical (unpaired) electrons. The van der Waals surface area contributed by atoms with E-state index in [0.29, 0.717) is 19.5 Å². The maximum Gasteiger partial charge on any atom is 0.304 e. The molecular weight excluding hydrogens is 318 g/mol. The van der Waals surface area contributed by atoms with Gasteiger partial charge >= 0.3 is 5.97 Å². The van der Waals surface area contributed by atoms with E-state index in [1.165, 1.54) is 0 Å². The number of sulfone groups is 1. The van der Waals surface area contributed by atoms with Gasteiger partial charge in [0.05, 0.1) is 24.4 Å². The molecule has 7 heteroatoms. The second-order valence-corrected chi connectivity index (χ2v) is 9.26. The van der Waals surface area contributed by atoms with Gasteiger partial charge in [-0.15, -0.1) is 0 Å². The number of nitrogens with zero attached hydrogens (tertiary/aromatic N) is 1. The Bertz CT molecular complexity index is 491. The molecule has 0 heterocycles. The average Bonchev–Trinajstić information content (AvgIpc) is 2.36. The molecule has 136 valence electrons. The van der Waals surface area contributed by atoms with Crippen molar-refractivity contribution in [1.82, 2.24) is 4.90 Å². The summed E-state index contributed by atoms with van der Waals surface area (Å²) in [6, 6.07) is 0. The van der Waals surface area contributed by atoms with Crippen molar-refractivity contribution in [1.29, 1.82) is 0 Å². The summed E-state index contributed by atoms with van der Waals surface area (Å²) in [5, 5.41) is 9.80. The van der Waals surface area contributed by atoms with Gasteiger partial charge in [0.2, 0.25) is 0 Å². The van der Waals surface area contributed by atoms with E-state index in [4.69, 9.17) is 9.84 Å². The number of carboxylic acids is 1. The SMILES string of the molecule is C=CS(=O)(=O)CCOC(C)(C)CCN(CCC(=O)O)C(C)(C)C. The van der Waals surface area contributed by atoms with Crippen LogP contribution in [0.1, 0.15) is 47.5 Å². The van der Waals surface area contributed by atoms with E-state index in [1.54, 1.807) is 0 Å². The van der Waals surface area contributed by atoms with Crippen molar-refractivity contribution in [3.05, 3.63) is 12.0 Å². The zero-order valence-electron chi connectivity index (χ0n) is 15.0. The van der Waals surface area contributed by atoms with E-state index in [9.17, 15) is 13.2 Å². The van der Waals surface area contributed by atoms with Crippen LogP contribution in [0.2, 0.25) is 0 Å². The highest BCUT2D eigenvalue weighted by Crippen LogP contribution is 2.20. The molecule has 23 heavy (non-hydrogen) atoms. The lowest BCUT2D eigenvalue weighted by Crippen LogP contribution is -2.45. The lowest BCUT2D eigenvalue weighted by molar-refractivity contribution is -0.137. The number of aliphatic carboxylic acids is 1. The second-order valence-electron chi connectivity index (χ2n) is 7.19. The van der Waals surface area contributed by atoms with E-state index in [0.717, 1.165) is 5.41 Å². The highest BCUT2D eigenvalue weighted by Gasteiger charge is 2.26. The summed E-state index contributed by atoms with van der Waals surface area (Å²) in [7, 11) is -3.25. The number of carbonyl (C=O) groups is 1. The Balaban J connectivity index is 4.50. The quantitative estimate of drug-likeness (QED) is 0.616. The van der Waals surface area contributed by atoms with Crippen LogP contribution >= 0.6 is 0 Å². The minimum absolute atomic E-state index is 0.0814. The topological polar surface area (TPSA) is 83.9 Å². The van der Waals surface area contributed by atoms with Crippen molar-refractivity contribution in [2.45, 2.75) is 58.6 Å². The van der Waals surface area contributed by atoms with E-state index in [1.807, 2.05) is 34.6 Å². The monoisotopic (exact) mass is 349 g/mol. The van der Waals surface area contributed by atoms with Gasteiger partial charge in [-0.05, 0) is 41.0 Å². The normalized spacial score (nSPS) is 13.3. The van der Waals surface area contributed by atoms with E-state index < -0.39 is 21.4 Å². The first kappa shape index (κ1) is 22.1. The van der Waals surface area contributed by atoms with Crippen LogP contribution in [0.25, 0.3) is 0 Å². The van der Waals surface area contributed by atoms with Crippen LogP contribution in [-0.2, 0) is 19.4 Å². The maximum atomic E-state index is 11.4. The predicted molar refractivity (Wildman–Crippen MR) is 92.2 cm³/mol. The zero-order chi connectivity index (χ0) is 18.3. The van der Waals surface area contributed by atoms with Crippen LogP contribution in [0.3, 0.4) is 0 Å². The number of carboxylic acid groups (broad SMARTS) is 1. The third-order valence-corrected chi connectivity index (χ3v) is 4.89. The van der Waals surface area contributed by atoms with Crippen molar-refractivity contribution in [2.75, 3.05) is 25.4 Å². The fourth-order valence-corrected chi connectivity index (χ4v) is 2.49. The molecule has 0 spiro atoms. The molecular formula is C16H31NO5S. The molecule has 0 amide bonds. The Hall–Kier alpha value is -0.920. The molecule has 0 aliphatic carbocycles. The van der Waals surface area contributed by atoms with Crippen LogP contribution in [0, 0.1) is 0 Å². The third-order valence-electron chi connectivity index (χ3n) is 3.64. The van der Waals surface area contributed by atoms with Crippen LogP contribution in [0.15, 0.2) is 12.0 Å². The van der Waals surface area contributed by atoms with E-state index >= 15 is 0 Å². The minimum Gasteiger partial charge on any atom is -0.481 e. The summed E-state index contributed by atoms with van der Waals surface area (Å²) in [6.07, 6.45) is 0.772. The van der Waals surface area contributed by atoms with Crippen molar-refractivity contribution in [3.8, 4) is 0 Å². The Morgan fingerprint density at radius 2 is 1.78 bits per heavy atom. The fraction of sp³-hybridized carbons (Fsp3) is 0.812. The molecule has 0 aromatic carbocycles. The molecule has 1 N–H and O–H groups in total. The summed E-state index contributed by atoms with van der Waals surface area (Å²) < 4.78 is 28.4. The molecule has 6 nitrogen and oxygen atoms in total. The Kier molecular flexibility index (Phi) is 8.45. The first-order chi connectivity index (χ1) is 10.3. The number of hydrogen-bond acceptors (Lipinski definition) is 5. The van der Waals surface area contributed by atoms with Gasteiger partial charge in [0.1, 0.15) is 0 Å². The number of rotatable bonds is 11. The molecule has 0 aromatic rings. The molecule has 0 unspecified atom stereocenters.